The summed E-state index contributed by atoms with van der Waals surface area (Å²) in [7, 11) is 2.22. The second kappa shape index (κ2) is 7.02. The normalized spacial score (nSPS) is 25.4. The summed E-state index contributed by atoms with van der Waals surface area (Å²) < 4.78 is 0. The number of hydrogen-bond acceptors (Lipinski definition) is 2. The van der Waals surface area contributed by atoms with Crippen LogP contribution in [0.2, 0.25) is 0 Å². The Hall–Kier alpha value is -0.340. The van der Waals surface area contributed by atoms with Crippen LogP contribution in [0.25, 0.3) is 0 Å². The first kappa shape index (κ1) is 11.7. The highest BCUT2D eigenvalue weighted by Crippen LogP contribution is 2.09. The molecule has 0 aromatic carbocycles. The Morgan fingerprint density at radius 2 is 2.21 bits per heavy atom. The van der Waals surface area contributed by atoms with Gasteiger partial charge < -0.3 is 10.2 Å². The maximum atomic E-state index is 3.64. The van der Waals surface area contributed by atoms with Crippen molar-refractivity contribution in [2.45, 2.75) is 38.6 Å². The summed E-state index contributed by atoms with van der Waals surface area (Å²) >= 11 is 0. The van der Waals surface area contributed by atoms with Crippen LogP contribution in [0.4, 0.5) is 0 Å². The van der Waals surface area contributed by atoms with Crippen molar-refractivity contribution in [3.05, 3.63) is 12.2 Å². The van der Waals surface area contributed by atoms with Gasteiger partial charge in [-0.05, 0) is 59.3 Å². The maximum absolute atomic E-state index is 3.64. The minimum atomic E-state index is 0.755. The highest BCUT2D eigenvalue weighted by atomic mass is 15.1. The molecule has 1 aliphatic rings. The monoisotopic (exact) mass is 196 g/mol. The van der Waals surface area contributed by atoms with E-state index >= 15 is 0 Å². The minimum absolute atomic E-state index is 0.755. The third-order valence-electron chi connectivity index (χ3n) is 2.93. The lowest BCUT2D eigenvalue weighted by Gasteiger charge is -2.16. The SMILES string of the molecule is C/C=C/CCNC1CCCN(C)CC1. The predicted molar refractivity (Wildman–Crippen MR) is 62.6 cm³/mol. The quantitative estimate of drug-likeness (QED) is 0.547. The van der Waals surface area contributed by atoms with Gasteiger partial charge in [-0.2, -0.15) is 0 Å². The van der Waals surface area contributed by atoms with E-state index in [2.05, 4.69) is 36.3 Å². The Balaban J connectivity index is 2.11. The van der Waals surface area contributed by atoms with E-state index in [0.717, 1.165) is 12.6 Å². The molecular weight excluding hydrogens is 172 g/mol. The molecule has 1 saturated heterocycles. The molecule has 0 radical (unpaired) electrons. The van der Waals surface area contributed by atoms with Gasteiger partial charge >= 0.3 is 0 Å². The van der Waals surface area contributed by atoms with Crippen molar-refractivity contribution in [1.29, 1.82) is 0 Å². The Morgan fingerprint density at radius 3 is 3.00 bits per heavy atom. The van der Waals surface area contributed by atoms with Crippen molar-refractivity contribution < 1.29 is 0 Å². The fourth-order valence-corrected chi connectivity index (χ4v) is 1.98. The Bertz CT molecular complexity index is 166. The van der Waals surface area contributed by atoms with E-state index in [1.54, 1.807) is 0 Å². The largest absolute Gasteiger partial charge is 0.314 e. The van der Waals surface area contributed by atoms with E-state index in [-0.39, 0.29) is 0 Å². The van der Waals surface area contributed by atoms with Crippen LogP contribution in [-0.4, -0.2) is 37.6 Å². The molecule has 0 saturated carbocycles. The highest BCUT2D eigenvalue weighted by molar-refractivity contribution is 4.79. The summed E-state index contributed by atoms with van der Waals surface area (Å²) in [5.74, 6) is 0. The maximum Gasteiger partial charge on any atom is 0.00798 e. The molecule has 1 atom stereocenters. The van der Waals surface area contributed by atoms with Crippen molar-refractivity contribution in [3.8, 4) is 0 Å². The van der Waals surface area contributed by atoms with Crippen molar-refractivity contribution in [2.24, 2.45) is 0 Å². The molecule has 1 unspecified atom stereocenters. The number of nitrogens with one attached hydrogen (secondary N) is 1. The average Bonchev–Trinajstić information content (AvgIpc) is 2.38. The Kier molecular flexibility index (Phi) is 5.88. The first-order valence-corrected chi connectivity index (χ1v) is 5.86. The van der Waals surface area contributed by atoms with Crippen molar-refractivity contribution in [1.82, 2.24) is 10.2 Å². The molecule has 0 amide bonds. The lowest BCUT2D eigenvalue weighted by Crippen LogP contribution is -2.30. The van der Waals surface area contributed by atoms with E-state index in [4.69, 9.17) is 0 Å². The van der Waals surface area contributed by atoms with Crippen LogP contribution >= 0.6 is 0 Å². The summed E-state index contributed by atoms with van der Waals surface area (Å²) in [6, 6.07) is 0.755. The molecule has 82 valence electrons. The number of likely N-dealkylation sites (tertiary alicyclic amines) is 1. The van der Waals surface area contributed by atoms with Gasteiger partial charge in [-0.3, -0.25) is 0 Å². The van der Waals surface area contributed by atoms with Gasteiger partial charge in [0.05, 0.1) is 0 Å². The third-order valence-corrected chi connectivity index (χ3v) is 2.93. The molecule has 14 heavy (non-hydrogen) atoms. The fraction of sp³-hybridized carbons (Fsp3) is 0.833. The van der Waals surface area contributed by atoms with Gasteiger partial charge in [0.1, 0.15) is 0 Å². The number of allylic oxidation sites excluding steroid dienone is 1. The smallest absolute Gasteiger partial charge is 0.00798 e. The second-order valence-corrected chi connectivity index (χ2v) is 4.24. The van der Waals surface area contributed by atoms with Crippen LogP contribution in [0.3, 0.4) is 0 Å². The van der Waals surface area contributed by atoms with Crippen molar-refractivity contribution >= 4 is 0 Å². The average molecular weight is 196 g/mol. The standard InChI is InChI=1S/C12H24N2/c1-3-4-5-9-13-12-7-6-10-14(2)11-8-12/h3-4,12-13H,5-11H2,1-2H3/b4-3+. The molecule has 1 rings (SSSR count). The summed E-state index contributed by atoms with van der Waals surface area (Å²) in [6.45, 7) is 5.74. The van der Waals surface area contributed by atoms with E-state index in [1.165, 1.54) is 38.8 Å². The predicted octanol–water partition coefficient (Wildman–Crippen LogP) is 2.03. The fourth-order valence-electron chi connectivity index (χ4n) is 1.98. The van der Waals surface area contributed by atoms with Crippen LogP contribution in [0.1, 0.15) is 32.6 Å². The van der Waals surface area contributed by atoms with Gasteiger partial charge in [0.2, 0.25) is 0 Å². The molecule has 0 aromatic heterocycles. The molecule has 2 heteroatoms. The molecule has 0 spiro atoms. The van der Waals surface area contributed by atoms with E-state index < -0.39 is 0 Å². The van der Waals surface area contributed by atoms with Gasteiger partial charge in [0, 0.05) is 6.04 Å². The first-order chi connectivity index (χ1) is 6.83. The van der Waals surface area contributed by atoms with E-state index in [0.29, 0.717) is 0 Å². The number of hydrogen-bond donors (Lipinski definition) is 1. The van der Waals surface area contributed by atoms with Gasteiger partial charge in [0.25, 0.3) is 0 Å². The molecule has 0 aromatic rings. The van der Waals surface area contributed by atoms with Crippen LogP contribution < -0.4 is 5.32 Å². The van der Waals surface area contributed by atoms with Crippen LogP contribution in [-0.2, 0) is 0 Å². The molecule has 1 aliphatic heterocycles. The minimum Gasteiger partial charge on any atom is -0.314 e. The van der Waals surface area contributed by atoms with Gasteiger partial charge in [-0.1, -0.05) is 12.2 Å². The highest BCUT2D eigenvalue weighted by Gasteiger charge is 2.13. The van der Waals surface area contributed by atoms with Crippen molar-refractivity contribution in [2.75, 3.05) is 26.7 Å². The molecule has 1 N–H and O–H groups in total. The lowest BCUT2D eigenvalue weighted by atomic mass is 10.1. The van der Waals surface area contributed by atoms with Crippen LogP contribution in [0.15, 0.2) is 12.2 Å². The summed E-state index contributed by atoms with van der Waals surface area (Å²) in [5, 5.41) is 3.64. The van der Waals surface area contributed by atoms with Gasteiger partial charge in [-0.25, -0.2) is 0 Å². The van der Waals surface area contributed by atoms with Crippen molar-refractivity contribution in [3.63, 3.8) is 0 Å². The first-order valence-electron chi connectivity index (χ1n) is 5.86. The molecule has 0 aliphatic carbocycles. The second-order valence-electron chi connectivity index (χ2n) is 4.24. The summed E-state index contributed by atoms with van der Waals surface area (Å²) in [6.07, 6.45) is 9.53. The molecule has 0 bridgehead atoms. The van der Waals surface area contributed by atoms with E-state index in [1.807, 2.05) is 0 Å². The number of nitrogens with zero attached hydrogens (tertiary/aromatic N) is 1. The third kappa shape index (κ3) is 4.77. The van der Waals surface area contributed by atoms with Gasteiger partial charge in [-0.15, -0.1) is 0 Å². The number of rotatable bonds is 4. The topological polar surface area (TPSA) is 15.3 Å². The zero-order valence-corrected chi connectivity index (χ0v) is 9.63. The summed E-state index contributed by atoms with van der Waals surface area (Å²) in [5.41, 5.74) is 0. The molecule has 1 heterocycles. The zero-order valence-electron chi connectivity index (χ0n) is 9.63. The summed E-state index contributed by atoms with van der Waals surface area (Å²) in [4.78, 5) is 2.44. The van der Waals surface area contributed by atoms with Gasteiger partial charge in [0.15, 0.2) is 0 Å². The molecular formula is C12H24N2. The Labute approximate surface area is 88.4 Å². The zero-order chi connectivity index (χ0) is 10.2. The van der Waals surface area contributed by atoms with E-state index in [9.17, 15) is 0 Å². The van der Waals surface area contributed by atoms with Crippen LogP contribution in [0, 0.1) is 0 Å². The van der Waals surface area contributed by atoms with Crippen LogP contribution in [0.5, 0.6) is 0 Å². The Morgan fingerprint density at radius 1 is 1.36 bits per heavy atom. The molecule has 2 nitrogen and oxygen atoms in total. The molecule has 1 fully saturated rings. The lowest BCUT2D eigenvalue weighted by molar-refractivity contribution is 0.344.